The van der Waals surface area contributed by atoms with Gasteiger partial charge in [-0.1, -0.05) is 19.3 Å². The number of aliphatic carboxylic acids is 1. The zero-order valence-electron chi connectivity index (χ0n) is 11.4. The number of hydrogen-bond acceptors (Lipinski definition) is 3. The number of carbonyl (C=O) groups excluding carboxylic acids is 1. The molecule has 108 valence electrons. The predicted molar refractivity (Wildman–Crippen MR) is 71.5 cm³/mol. The number of rotatable bonds is 2. The van der Waals surface area contributed by atoms with Gasteiger partial charge in [0.25, 0.3) is 0 Å². The molecule has 2 rings (SSSR count). The first-order chi connectivity index (χ1) is 9.09. The molecular formula is C14H24N2O3. The van der Waals surface area contributed by atoms with Crippen molar-refractivity contribution < 1.29 is 14.7 Å². The van der Waals surface area contributed by atoms with Gasteiger partial charge < -0.3 is 15.7 Å². The van der Waals surface area contributed by atoms with E-state index < -0.39 is 11.9 Å². The van der Waals surface area contributed by atoms with Gasteiger partial charge in [0.05, 0.1) is 11.8 Å². The minimum Gasteiger partial charge on any atom is -0.481 e. The normalized spacial score (nSPS) is 32.7. The lowest BCUT2D eigenvalue weighted by molar-refractivity contribution is -0.147. The summed E-state index contributed by atoms with van der Waals surface area (Å²) in [5.41, 5.74) is 6.12. The number of nitrogens with two attached hydrogens (primary N) is 1. The molecule has 0 aromatic heterocycles. The Labute approximate surface area is 114 Å². The zero-order chi connectivity index (χ0) is 13.8. The first kappa shape index (κ1) is 14.3. The Hall–Kier alpha value is -1.10. The Kier molecular flexibility index (Phi) is 4.80. The maximum Gasteiger partial charge on any atom is 0.308 e. The van der Waals surface area contributed by atoms with Crippen LogP contribution in [0.2, 0.25) is 0 Å². The van der Waals surface area contributed by atoms with E-state index in [-0.39, 0.29) is 17.9 Å². The Bertz CT molecular complexity index is 346. The van der Waals surface area contributed by atoms with Crippen LogP contribution in [-0.4, -0.2) is 41.0 Å². The summed E-state index contributed by atoms with van der Waals surface area (Å²) in [4.78, 5) is 25.3. The lowest BCUT2D eigenvalue weighted by Crippen LogP contribution is -2.48. The fraction of sp³-hybridized carbons (Fsp3) is 0.857. The first-order valence-corrected chi connectivity index (χ1v) is 7.36. The first-order valence-electron chi connectivity index (χ1n) is 7.36. The SMILES string of the molecule is NC1CCCCCC1C(=O)N1CCC[C@H](C(=O)O)C1. The maximum atomic E-state index is 12.5. The highest BCUT2D eigenvalue weighted by atomic mass is 16.4. The molecule has 0 radical (unpaired) electrons. The van der Waals surface area contributed by atoms with Gasteiger partial charge >= 0.3 is 5.97 Å². The summed E-state index contributed by atoms with van der Waals surface area (Å²) in [5, 5.41) is 9.08. The summed E-state index contributed by atoms with van der Waals surface area (Å²) in [6.45, 7) is 1.04. The molecule has 0 spiro atoms. The molecule has 1 heterocycles. The zero-order valence-corrected chi connectivity index (χ0v) is 11.4. The number of hydrogen-bond donors (Lipinski definition) is 2. The fourth-order valence-electron chi connectivity index (χ4n) is 3.26. The second-order valence-electron chi connectivity index (χ2n) is 5.87. The van der Waals surface area contributed by atoms with Crippen molar-refractivity contribution in [3.8, 4) is 0 Å². The van der Waals surface area contributed by atoms with E-state index in [1.165, 1.54) is 0 Å². The van der Waals surface area contributed by atoms with Gasteiger partial charge in [-0.3, -0.25) is 9.59 Å². The van der Waals surface area contributed by atoms with Crippen LogP contribution >= 0.6 is 0 Å². The molecule has 5 nitrogen and oxygen atoms in total. The lowest BCUT2D eigenvalue weighted by Gasteiger charge is -2.34. The fourth-order valence-corrected chi connectivity index (χ4v) is 3.26. The van der Waals surface area contributed by atoms with E-state index in [0.29, 0.717) is 19.5 Å². The van der Waals surface area contributed by atoms with Crippen LogP contribution in [-0.2, 0) is 9.59 Å². The predicted octanol–water partition coefficient (Wildman–Crippen LogP) is 1.22. The van der Waals surface area contributed by atoms with Crippen molar-refractivity contribution in [1.29, 1.82) is 0 Å². The van der Waals surface area contributed by atoms with E-state index in [2.05, 4.69) is 0 Å². The summed E-state index contributed by atoms with van der Waals surface area (Å²) in [6.07, 6.45) is 6.53. The number of carboxylic acids is 1. The highest BCUT2D eigenvalue weighted by Crippen LogP contribution is 2.26. The summed E-state index contributed by atoms with van der Waals surface area (Å²) >= 11 is 0. The number of carboxylic acid groups (broad SMARTS) is 1. The number of piperidine rings is 1. The summed E-state index contributed by atoms with van der Waals surface area (Å²) in [5.74, 6) is -1.21. The molecule has 3 atom stereocenters. The molecular weight excluding hydrogens is 244 g/mol. The Balaban J connectivity index is 1.99. The van der Waals surface area contributed by atoms with Crippen LogP contribution in [0.1, 0.15) is 44.9 Å². The molecule has 0 bridgehead atoms. The van der Waals surface area contributed by atoms with E-state index >= 15 is 0 Å². The molecule has 1 aliphatic heterocycles. The molecule has 1 aliphatic carbocycles. The van der Waals surface area contributed by atoms with Crippen LogP contribution < -0.4 is 5.73 Å². The molecule has 1 saturated heterocycles. The number of amides is 1. The number of nitrogens with zero attached hydrogens (tertiary/aromatic N) is 1. The van der Waals surface area contributed by atoms with Crippen molar-refractivity contribution in [2.75, 3.05) is 13.1 Å². The van der Waals surface area contributed by atoms with Crippen molar-refractivity contribution in [3.05, 3.63) is 0 Å². The van der Waals surface area contributed by atoms with E-state index in [4.69, 9.17) is 10.8 Å². The Morgan fingerprint density at radius 1 is 1.05 bits per heavy atom. The van der Waals surface area contributed by atoms with Crippen molar-refractivity contribution in [2.24, 2.45) is 17.6 Å². The lowest BCUT2D eigenvalue weighted by atomic mass is 9.91. The molecule has 1 saturated carbocycles. The molecule has 5 heteroatoms. The van der Waals surface area contributed by atoms with E-state index in [9.17, 15) is 9.59 Å². The largest absolute Gasteiger partial charge is 0.481 e. The van der Waals surface area contributed by atoms with Crippen molar-refractivity contribution in [2.45, 2.75) is 51.0 Å². The average molecular weight is 268 g/mol. The third kappa shape index (κ3) is 3.47. The topological polar surface area (TPSA) is 83.6 Å². The maximum absolute atomic E-state index is 12.5. The number of likely N-dealkylation sites (tertiary alicyclic amines) is 1. The molecule has 3 N–H and O–H groups in total. The van der Waals surface area contributed by atoms with Crippen molar-refractivity contribution in [3.63, 3.8) is 0 Å². The molecule has 2 unspecified atom stereocenters. The van der Waals surface area contributed by atoms with Gasteiger partial charge in [-0.15, -0.1) is 0 Å². The van der Waals surface area contributed by atoms with Gasteiger partial charge in [-0.05, 0) is 25.7 Å². The summed E-state index contributed by atoms with van der Waals surface area (Å²) < 4.78 is 0. The second-order valence-corrected chi connectivity index (χ2v) is 5.87. The van der Waals surface area contributed by atoms with Crippen LogP contribution in [0.25, 0.3) is 0 Å². The van der Waals surface area contributed by atoms with Crippen LogP contribution in [0, 0.1) is 11.8 Å². The highest BCUT2D eigenvalue weighted by molar-refractivity contribution is 5.80. The van der Waals surface area contributed by atoms with Crippen LogP contribution in [0.15, 0.2) is 0 Å². The highest BCUT2D eigenvalue weighted by Gasteiger charge is 2.34. The van der Waals surface area contributed by atoms with E-state index in [0.717, 1.165) is 38.5 Å². The van der Waals surface area contributed by atoms with Gasteiger partial charge in [0.15, 0.2) is 0 Å². The van der Waals surface area contributed by atoms with Gasteiger partial charge in [0, 0.05) is 19.1 Å². The smallest absolute Gasteiger partial charge is 0.308 e. The summed E-state index contributed by atoms with van der Waals surface area (Å²) in [6, 6.07) is -0.0554. The Morgan fingerprint density at radius 2 is 1.79 bits per heavy atom. The monoisotopic (exact) mass is 268 g/mol. The molecule has 19 heavy (non-hydrogen) atoms. The minimum atomic E-state index is -0.789. The van der Waals surface area contributed by atoms with Gasteiger partial charge in [-0.2, -0.15) is 0 Å². The number of carbonyl (C=O) groups is 2. The van der Waals surface area contributed by atoms with Gasteiger partial charge in [0.2, 0.25) is 5.91 Å². The van der Waals surface area contributed by atoms with Gasteiger partial charge in [-0.25, -0.2) is 0 Å². The minimum absolute atomic E-state index is 0.0554. The molecule has 0 aromatic rings. The quantitative estimate of drug-likeness (QED) is 0.737. The van der Waals surface area contributed by atoms with Crippen molar-refractivity contribution >= 4 is 11.9 Å². The van der Waals surface area contributed by atoms with Crippen LogP contribution in [0.4, 0.5) is 0 Å². The van der Waals surface area contributed by atoms with Crippen LogP contribution in [0.3, 0.4) is 0 Å². The molecule has 2 aliphatic rings. The van der Waals surface area contributed by atoms with Crippen molar-refractivity contribution in [1.82, 2.24) is 4.90 Å². The van der Waals surface area contributed by atoms with E-state index in [1.54, 1.807) is 4.90 Å². The third-order valence-electron chi connectivity index (χ3n) is 4.47. The third-order valence-corrected chi connectivity index (χ3v) is 4.47. The van der Waals surface area contributed by atoms with Crippen LogP contribution in [0.5, 0.6) is 0 Å². The Morgan fingerprint density at radius 3 is 2.53 bits per heavy atom. The molecule has 0 aromatic carbocycles. The standard InChI is InChI=1S/C14H24N2O3/c15-12-7-3-1-2-6-11(12)13(17)16-8-4-5-10(9-16)14(18)19/h10-12H,1-9,15H2,(H,18,19)/t10-,11?,12?/m0/s1. The molecule has 1 amide bonds. The summed E-state index contributed by atoms with van der Waals surface area (Å²) in [7, 11) is 0. The van der Waals surface area contributed by atoms with E-state index in [1.807, 2.05) is 0 Å². The second kappa shape index (κ2) is 6.37. The average Bonchev–Trinajstić information content (AvgIpc) is 2.63. The molecule has 2 fully saturated rings. The van der Waals surface area contributed by atoms with Gasteiger partial charge in [0.1, 0.15) is 0 Å².